The van der Waals surface area contributed by atoms with Crippen LogP contribution in [0.15, 0.2) is 164 Å². The number of para-hydroxylation sites is 5. The lowest BCUT2D eigenvalue weighted by Crippen LogP contribution is -1.97. The highest BCUT2D eigenvalue weighted by Gasteiger charge is 2.18. The van der Waals surface area contributed by atoms with E-state index in [4.69, 9.17) is 4.98 Å². The number of fused-ring (bicyclic) bond motifs is 7. The van der Waals surface area contributed by atoms with E-state index < -0.39 is 0 Å². The molecule has 10 rings (SSSR count). The summed E-state index contributed by atoms with van der Waals surface area (Å²) in [7, 11) is 0. The standard InChI is InChI=1S/C43H27N3/c1-2-9-33(10-3-1)45-41-16-7-5-14-38(41)44-43(45)31-23-21-29(22-24-31)28-17-19-30(20-18-28)32-25-26-40-37(27-32)36-13-8-12-35-34-11-4-6-15-39(34)46(40)42(35)36/h1-27H. The Labute approximate surface area is 265 Å². The predicted octanol–water partition coefficient (Wildman–Crippen LogP) is 11.2. The molecule has 0 unspecified atom stereocenters. The largest absolute Gasteiger partial charge is 0.308 e. The summed E-state index contributed by atoms with van der Waals surface area (Å²) in [5.41, 5.74) is 13.0. The summed E-state index contributed by atoms with van der Waals surface area (Å²) in [6.45, 7) is 0. The molecule has 0 fully saturated rings. The van der Waals surface area contributed by atoms with Crippen molar-refractivity contribution in [1.29, 1.82) is 0 Å². The summed E-state index contributed by atoms with van der Waals surface area (Å²) >= 11 is 0. The Hall–Kier alpha value is -6.19. The van der Waals surface area contributed by atoms with Crippen LogP contribution in [-0.2, 0) is 0 Å². The molecule has 0 spiro atoms. The fourth-order valence-corrected chi connectivity index (χ4v) is 7.34. The number of nitrogens with zero attached hydrogens (tertiary/aromatic N) is 3. The SMILES string of the molecule is c1ccc(-n2c(-c3ccc(-c4ccc(-c5ccc6c(c5)c5cccc7c8ccccc8n6c75)cc4)cc3)nc3ccccc32)cc1. The second-order valence-corrected chi connectivity index (χ2v) is 12.0. The summed E-state index contributed by atoms with van der Waals surface area (Å²) in [6.07, 6.45) is 0. The molecule has 0 radical (unpaired) electrons. The molecular weight excluding hydrogens is 558 g/mol. The topological polar surface area (TPSA) is 22.2 Å². The molecule has 3 aromatic heterocycles. The summed E-state index contributed by atoms with van der Waals surface area (Å²) in [5, 5.41) is 5.24. The molecule has 0 aliphatic rings. The van der Waals surface area contributed by atoms with Gasteiger partial charge in [0.15, 0.2) is 0 Å². The second kappa shape index (κ2) is 9.65. The molecule has 0 saturated heterocycles. The van der Waals surface area contributed by atoms with E-state index in [0.29, 0.717) is 0 Å². The maximum absolute atomic E-state index is 5.03. The van der Waals surface area contributed by atoms with E-state index in [0.717, 1.165) is 28.1 Å². The van der Waals surface area contributed by atoms with Gasteiger partial charge in [-0.15, -0.1) is 0 Å². The first-order valence-corrected chi connectivity index (χ1v) is 15.7. The van der Waals surface area contributed by atoms with Crippen molar-refractivity contribution in [2.45, 2.75) is 0 Å². The Balaban J connectivity index is 1.01. The molecule has 0 atom stereocenters. The average Bonchev–Trinajstić information content (AvgIpc) is 3.79. The van der Waals surface area contributed by atoms with Gasteiger partial charge in [0.2, 0.25) is 0 Å². The van der Waals surface area contributed by atoms with E-state index in [1.807, 2.05) is 12.1 Å². The van der Waals surface area contributed by atoms with Crippen molar-refractivity contribution in [1.82, 2.24) is 14.0 Å². The van der Waals surface area contributed by atoms with Crippen LogP contribution in [0.25, 0.3) is 88.5 Å². The van der Waals surface area contributed by atoms with E-state index in [1.54, 1.807) is 0 Å². The predicted molar refractivity (Wildman–Crippen MR) is 192 cm³/mol. The zero-order chi connectivity index (χ0) is 30.2. The second-order valence-electron chi connectivity index (χ2n) is 12.0. The maximum Gasteiger partial charge on any atom is 0.145 e. The van der Waals surface area contributed by atoms with Crippen LogP contribution in [0.3, 0.4) is 0 Å². The van der Waals surface area contributed by atoms with Gasteiger partial charge in [0.25, 0.3) is 0 Å². The van der Waals surface area contributed by atoms with Crippen LogP contribution in [0, 0.1) is 0 Å². The highest BCUT2D eigenvalue weighted by molar-refractivity contribution is 6.23. The van der Waals surface area contributed by atoms with E-state index in [-0.39, 0.29) is 0 Å². The van der Waals surface area contributed by atoms with Crippen molar-refractivity contribution in [3.05, 3.63) is 164 Å². The van der Waals surface area contributed by atoms with Crippen molar-refractivity contribution in [2.75, 3.05) is 0 Å². The number of benzene rings is 7. The number of hydrogen-bond acceptors (Lipinski definition) is 1. The highest BCUT2D eigenvalue weighted by atomic mass is 15.1. The normalized spacial score (nSPS) is 11.9. The third-order valence-electron chi connectivity index (χ3n) is 9.49. The zero-order valence-electron chi connectivity index (χ0n) is 24.9. The molecule has 10 aromatic rings. The van der Waals surface area contributed by atoms with Gasteiger partial charge in [-0.1, -0.05) is 121 Å². The summed E-state index contributed by atoms with van der Waals surface area (Å²) < 4.78 is 4.68. The van der Waals surface area contributed by atoms with E-state index in [2.05, 4.69) is 161 Å². The van der Waals surface area contributed by atoms with Crippen molar-refractivity contribution >= 4 is 49.1 Å². The first-order valence-electron chi connectivity index (χ1n) is 15.7. The lowest BCUT2D eigenvalue weighted by Gasteiger charge is -2.10. The Bertz CT molecular complexity index is 2710. The van der Waals surface area contributed by atoms with Crippen molar-refractivity contribution in [3.8, 4) is 39.3 Å². The van der Waals surface area contributed by atoms with Gasteiger partial charge in [0.05, 0.1) is 27.6 Å². The van der Waals surface area contributed by atoms with Gasteiger partial charge in [-0.25, -0.2) is 4.98 Å². The molecule has 214 valence electrons. The van der Waals surface area contributed by atoms with Gasteiger partial charge >= 0.3 is 0 Å². The smallest absolute Gasteiger partial charge is 0.145 e. The van der Waals surface area contributed by atoms with Crippen LogP contribution >= 0.6 is 0 Å². The van der Waals surface area contributed by atoms with Crippen LogP contribution in [0.2, 0.25) is 0 Å². The van der Waals surface area contributed by atoms with Crippen molar-refractivity contribution in [3.63, 3.8) is 0 Å². The number of rotatable bonds is 4. The third kappa shape index (κ3) is 3.63. The Morgan fingerprint density at radius 2 is 0.913 bits per heavy atom. The highest BCUT2D eigenvalue weighted by Crippen LogP contribution is 2.40. The first-order chi connectivity index (χ1) is 22.8. The van der Waals surface area contributed by atoms with Crippen molar-refractivity contribution < 1.29 is 0 Å². The van der Waals surface area contributed by atoms with Gasteiger partial charge in [-0.3, -0.25) is 4.57 Å². The van der Waals surface area contributed by atoms with E-state index in [9.17, 15) is 0 Å². The average molecular weight is 586 g/mol. The van der Waals surface area contributed by atoms with Gasteiger partial charge in [0, 0.05) is 32.8 Å². The van der Waals surface area contributed by atoms with Crippen LogP contribution < -0.4 is 0 Å². The molecule has 0 bridgehead atoms. The molecule has 0 aliphatic heterocycles. The monoisotopic (exact) mass is 585 g/mol. The number of hydrogen-bond donors (Lipinski definition) is 0. The lowest BCUT2D eigenvalue weighted by atomic mass is 9.98. The molecule has 3 nitrogen and oxygen atoms in total. The van der Waals surface area contributed by atoms with Crippen molar-refractivity contribution in [2.24, 2.45) is 0 Å². The van der Waals surface area contributed by atoms with Crippen LogP contribution in [0.1, 0.15) is 0 Å². The molecule has 3 heteroatoms. The summed E-state index contributed by atoms with van der Waals surface area (Å²) in [5.74, 6) is 0.946. The molecule has 7 aromatic carbocycles. The fraction of sp³-hybridized carbons (Fsp3) is 0. The Kier molecular flexibility index (Phi) is 5.28. The zero-order valence-corrected chi connectivity index (χ0v) is 24.9. The minimum absolute atomic E-state index is 0.946. The third-order valence-corrected chi connectivity index (χ3v) is 9.49. The fourth-order valence-electron chi connectivity index (χ4n) is 7.34. The van der Waals surface area contributed by atoms with E-state index >= 15 is 0 Å². The number of imidazole rings is 1. The quantitative estimate of drug-likeness (QED) is 0.201. The first kappa shape index (κ1) is 25.2. The Morgan fingerprint density at radius 3 is 1.67 bits per heavy atom. The minimum Gasteiger partial charge on any atom is -0.308 e. The van der Waals surface area contributed by atoms with Crippen LogP contribution in [0.4, 0.5) is 0 Å². The Morgan fingerprint density at radius 1 is 0.370 bits per heavy atom. The summed E-state index contributed by atoms with van der Waals surface area (Å²) in [6, 6.07) is 58.8. The minimum atomic E-state index is 0.946. The molecular formula is C43H27N3. The summed E-state index contributed by atoms with van der Waals surface area (Å²) in [4.78, 5) is 5.03. The van der Waals surface area contributed by atoms with Crippen LogP contribution in [-0.4, -0.2) is 14.0 Å². The van der Waals surface area contributed by atoms with Gasteiger partial charge in [-0.05, 0) is 64.7 Å². The number of aromatic nitrogens is 3. The van der Waals surface area contributed by atoms with Crippen LogP contribution in [0.5, 0.6) is 0 Å². The lowest BCUT2D eigenvalue weighted by molar-refractivity contribution is 1.10. The van der Waals surface area contributed by atoms with Gasteiger partial charge in [-0.2, -0.15) is 0 Å². The molecule has 0 saturated carbocycles. The molecule has 46 heavy (non-hydrogen) atoms. The molecule has 3 heterocycles. The molecule has 0 aliphatic carbocycles. The maximum atomic E-state index is 5.03. The van der Waals surface area contributed by atoms with E-state index in [1.165, 1.54) is 60.3 Å². The van der Waals surface area contributed by atoms with Gasteiger partial charge < -0.3 is 4.40 Å². The molecule has 0 N–H and O–H groups in total. The molecule has 0 amide bonds. The van der Waals surface area contributed by atoms with Gasteiger partial charge in [0.1, 0.15) is 5.82 Å².